The van der Waals surface area contributed by atoms with Gasteiger partial charge in [0.25, 0.3) is 5.91 Å². The number of aromatic hydroxyl groups is 1. The van der Waals surface area contributed by atoms with Crippen LogP contribution in [0.15, 0.2) is 54.6 Å². The summed E-state index contributed by atoms with van der Waals surface area (Å²) in [5, 5.41) is 48.5. The van der Waals surface area contributed by atoms with Gasteiger partial charge >= 0.3 is 17.9 Å². The van der Waals surface area contributed by atoms with Gasteiger partial charge in [-0.15, -0.1) is 0 Å². The third-order valence-electron chi connectivity index (χ3n) is 7.37. The van der Waals surface area contributed by atoms with E-state index in [1.165, 1.54) is 4.90 Å². The molecule has 1 amide bonds. The minimum atomic E-state index is -3.04. The maximum absolute atomic E-state index is 13.3. The van der Waals surface area contributed by atoms with Crippen LogP contribution in [0, 0.1) is 5.92 Å². The minimum absolute atomic E-state index is 0.137. The lowest BCUT2D eigenvalue weighted by molar-refractivity contribution is -0.179. The Morgan fingerprint density at radius 2 is 1.61 bits per heavy atom. The maximum Gasteiger partial charge on any atom is 0.337 e. The zero-order chi connectivity index (χ0) is 30.2. The van der Waals surface area contributed by atoms with Crippen LogP contribution in [-0.4, -0.2) is 97.5 Å². The first-order valence-corrected chi connectivity index (χ1v) is 13.5. The number of phenols is 1. The van der Waals surface area contributed by atoms with Crippen molar-refractivity contribution < 1.29 is 44.7 Å². The van der Waals surface area contributed by atoms with Crippen LogP contribution >= 0.6 is 0 Å². The van der Waals surface area contributed by atoms with E-state index in [4.69, 9.17) is 5.11 Å². The van der Waals surface area contributed by atoms with Gasteiger partial charge in [0.1, 0.15) is 5.75 Å². The number of amides is 1. The molecular formula is C30H36N2O9. The molecule has 1 heterocycles. The van der Waals surface area contributed by atoms with Gasteiger partial charge < -0.3 is 30.4 Å². The summed E-state index contributed by atoms with van der Waals surface area (Å²) in [6, 6.07) is 13.8. The van der Waals surface area contributed by atoms with E-state index in [2.05, 4.69) is 11.0 Å². The molecule has 2 aromatic carbocycles. The predicted octanol–water partition coefficient (Wildman–Crippen LogP) is 2.76. The Balaban J connectivity index is 1.80. The van der Waals surface area contributed by atoms with Crippen molar-refractivity contribution in [3.8, 4) is 5.75 Å². The second kappa shape index (κ2) is 13.9. The molecule has 1 aliphatic rings. The number of phenolic OH excluding ortho intramolecular Hbond substituents is 1. The molecule has 0 aromatic heterocycles. The largest absolute Gasteiger partial charge is 0.508 e. The van der Waals surface area contributed by atoms with E-state index in [0.717, 1.165) is 49.2 Å². The highest BCUT2D eigenvalue weighted by Gasteiger charge is 2.50. The highest BCUT2D eigenvalue weighted by molar-refractivity contribution is 5.95. The summed E-state index contributed by atoms with van der Waals surface area (Å²) >= 11 is 0. The fraction of sp³-hybridized carbons (Fsp3) is 0.400. The summed E-state index contributed by atoms with van der Waals surface area (Å²) in [4.78, 5) is 51.5. The van der Waals surface area contributed by atoms with Gasteiger partial charge in [0.2, 0.25) is 0 Å². The number of hydrogen-bond donors (Lipinski definition) is 5. The van der Waals surface area contributed by atoms with Crippen LogP contribution in [0.5, 0.6) is 5.75 Å². The SMILES string of the molecule is CCN(CCC(C(=O)O)C(O)(CC(=O)O)C(=O)O)C(=O)c1ccc(C(=CCN2CCCC2)c2cccc(O)c2)cc1. The number of nitrogens with zero attached hydrogens (tertiary/aromatic N) is 2. The summed E-state index contributed by atoms with van der Waals surface area (Å²) in [6.07, 6.45) is 2.64. The highest BCUT2D eigenvalue weighted by atomic mass is 16.4. The number of benzene rings is 2. The normalized spacial score (nSPS) is 16.1. The fourth-order valence-electron chi connectivity index (χ4n) is 5.07. The lowest BCUT2D eigenvalue weighted by atomic mass is 9.82. The summed E-state index contributed by atoms with van der Waals surface area (Å²) in [6.45, 7) is 4.41. The third kappa shape index (κ3) is 7.92. The predicted molar refractivity (Wildman–Crippen MR) is 149 cm³/mol. The molecule has 3 rings (SSSR count). The Morgan fingerprint density at radius 1 is 0.976 bits per heavy atom. The summed E-state index contributed by atoms with van der Waals surface area (Å²) < 4.78 is 0. The Bertz CT molecular complexity index is 1290. The summed E-state index contributed by atoms with van der Waals surface area (Å²) in [7, 11) is 0. The van der Waals surface area contributed by atoms with E-state index in [0.29, 0.717) is 5.56 Å². The molecule has 0 spiro atoms. The van der Waals surface area contributed by atoms with Gasteiger partial charge in [-0.25, -0.2) is 4.79 Å². The molecule has 0 radical (unpaired) electrons. The monoisotopic (exact) mass is 568 g/mol. The van der Waals surface area contributed by atoms with Crippen LogP contribution in [0.3, 0.4) is 0 Å². The first kappa shape index (κ1) is 31.3. The van der Waals surface area contributed by atoms with Crippen molar-refractivity contribution in [3.63, 3.8) is 0 Å². The Kier molecular flexibility index (Phi) is 10.6. The van der Waals surface area contributed by atoms with Gasteiger partial charge in [-0.3, -0.25) is 19.3 Å². The van der Waals surface area contributed by atoms with Gasteiger partial charge in [0.15, 0.2) is 5.60 Å². The quantitative estimate of drug-likeness (QED) is 0.228. The second-order valence-electron chi connectivity index (χ2n) is 10.1. The molecule has 1 fully saturated rings. The summed E-state index contributed by atoms with van der Waals surface area (Å²) in [5.74, 6) is -7.55. The minimum Gasteiger partial charge on any atom is -0.508 e. The van der Waals surface area contributed by atoms with Crippen molar-refractivity contribution in [1.82, 2.24) is 9.80 Å². The standard InChI is InChI=1S/C30H36N2O9/c1-2-32(17-13-25(28(37)38)30(41,29(39)40)19-26(34)35)27(36)21-10-8-20(9-11-21)24(12-16-31-14-3-4-15-31)22-6-5-7-23(33)18-22/h5-12,18,25,33,41H,2-4,13-17,19H2,1H3,(H,34,35)(H,37,38)(H,39,40). The Morgan fingerprint density at radius 3 is 2.15 bits per heavy atom. The molecule has 2 unspecified atom stereocenters. The highest BCUT2D eigenvalue weighted by Crippen LogP contribution is 2.29. The number of hydrogen-bond acceptors (Lipinski definition) is 7. The van der Waals surface area contributed by atoms with Crippen LogP contribution in [0.2, 0.25) is 0 Å². The molecule has 2 aromatic rings. The van der Waals surface area contributed by atoms with E-state index >= 15 is 0 Å². The Labute approximate surface area is 237 Å². The number of rotatable bonds is 14. The van der Waals surface area contributed by atoms with E-state index in [1.807, 2.05) is 6.07 Å². The van der Waals surface area contributed by atoms with E-state index in [9.17, 15) is 39.6 Å². The van der Waals surface area contributed by atoms with Crippen molar-refractivity contribution >= 4 is 29.4 Å². The molecule has 11 heteroatoms. The lowest BCUT2D eigenvalue weighted by Crippen LogP contribution is -2.51. The molecule has 0 aliphatic carbocycles. The molecule has 5 N–H and O–H groups in total. The van der Waals surface area contributed by atoms with Gasteiger partial charge in [-0.1, -0.05) is 30.3 Å². The van der Waals surface area contributed by atoms with Gasteiger partial charge in [0, 0.05) is 25.2 Å². The number of carbonyl (C=O) groups excluding carboxylic acids is 1. The van der Waals surface area contributed by atoms with Crippen LogP contribution in [0.1, 0.15) is 54.1 Å². The van der Waals surface area contributed by atoms with Crippen molar-refractivity contribution in [1.29, 1.82) is 0 Å². The average Bonchev–Trinajstić information content (AvgIpc) is 3.44. The molecule has 1 aliphatic heterocycles. The average molecular weight is 569 g/mol. The maximum atomic E-state index is 13.3. The van der Waals surface area contributed by atoms with Crippen molar-refractivity contribution in [2.45, 2.75) is 38.2 Å². The first-order valence-electron chi connectivity index (χ1n) is 13.5. The molecule has 0 saturated carbocycles. The van der Waals surface area contributed by atoms with Crippen molar-refractivity contribution in [3.05, 3.63) is 71.3 Å². The number of aliphatic hydroxyl groups is 1. The van der Waals surface area contributed by atoms with Gasteiger partial charge in [-0.2, -0.15) is 0 Å². The lowest BCUT2D eigenvalue weighted by Gasteiger charge is -2.30. The number of carboxylic acid groups (broad SMARTS) is 3. The zero-order valence-electron chi connectivity index (χ0n) is 22.9. The van der Waals surface area contributed by atoms with E-state index < -0.39 is 48.2 Å². The summed E-state index contributed by atoms with van der Waals surface area (Å²) in [5.41, 5.74) is -0.164. The molecule has 41 heavy (non-hydrogen) atoms. The van der Waals surface area contributed by atoms with Crippen LogP contribution < -0.4 is 0 Å². The zero-order valence-corrected chi connectivity index (χ0v) is 22.9. The van der Waals surface area contributed by atoms with Crippen LogP contribution in [0.4, 0.5) is 0 Å². The smallest absolute Gasteiger partial charge is 0.337 e. The van der Waals surface area contributed by atoms with E-state index in [-0.39, 0.29) is 18.8 Å². The molecular weight excluding hydrogens is 532 g/mol. The topological polar surface area (TPSA) is 176 Å². The van der Waals surface area contributed by atoms with Crippen molar-refractivity contribution in [2.75, 3.05) is 32.7 Å². The van der Waals surface area contributed by atoms with E-state index in [1.54, 1.807) is 49.4 Å². The fourth-order valence-corrected chi connectivity index (χ4v) is 5.07. The van der Waals surface area contributed by atoms with Gasteiger partial charge in [0.05, 0.1) is 12.3 Å². The molecule has 11 nitrogen and oxygen atoms in total. The number of carbonyl (C=O) groups is 4. The number of carboxylic acids is 3. The molecule has 220 valence electrons. The third-order valence-corrected chi connectivity index (χ3v) is 7.37. The van der Waals surface area contributed by atoms with Crippen LogP contribution in [0.25, 0.3) is 5.57 Å². The number of aliphatic carboxylic acids is 3. The first-order chi connectivity index (χ1) is 19.5. The number of likely N-dealkylation sites (tertiary alicyclic amines) is 1. The molecule has 1 saturated heterocycles. The second-order valence-corrected chi connectivity index (χ2v) is 10.1. The molecule has 0 bridgehead atoms. The van der Waals surface area contributed by atoms with Crippen LogP contribution in [-0.2, 0) is 14.4 Å². The van der Waals surface area contributed by atoms with Crippen molar-refractivity contribution in [2.24, 2.45) is 5.92 Å². The van der Waals surface area contributed by atoms with Gasteiger partial charge in [-0.05, 0) is 80.2 Å². The Hall–Kier alpha value is -4.22. The molecule has 2 atom stereocenters.